The molecule has 1 saturated heterocycles. The molecule has 3 rings (SSSR count). The van der Waals surface area contributed by atoms with Crippen LogP contribution in [0.15, 0.2) is 47.5 Å². The number of amides is 1. The maximum atomic E-state index is 13.7. The van der Waals surface area contributed by atoms with E-state index in [-0.39, 0.29) is 18.0 Å². The molecule has 142 valence electrons. The number of hydrogen-bond acceptors (Lipinski definition) is 2. The minimum atomic E-state index is -0.479. The zero-order valence-electron chi connectivity index (χ0n) is 15.1. The van der Waals surface area contributed by atoms with Gasteiger partial charge in [0.15, 0.2) is 5.96 Å². The maximum absolute atomic E-state index is 13.7. The van der Waals surface area contributed by atoms with Crippen molar-refractivity contribution >= 4 is 17.6 Å². The minimum absolute atomic E-state index is 0.124. The number of halogens is 2. The molecule has 0 aliphatic carbocycles. The first-order valence-electron chi connectivity index (χ1n) is 8.84. The number of guanidine groups is 1. The fraction of sp³-hybridized carbons (Fsp3) is 0.300. The molecule has 27 heavy (non-hydrogen) atoms. The lowest BCUT2D eigenvalue weighted by atomic mass is 10.2. The Morgan fingerprint density at radius 3 is 2.52 bits per heavy atom. The van der Waals surface area contributed by atoms with Crippen LogP contribution in [0, 0.1) is 11.6 Å². The van der Waals surface area contributed by atoms with Crippen molar-refractivity contribution in [1.29, 1.82) is 0 Å². The van der Waals surface area contributed by atoms with Gasteiger partial charge in [0.1, 0.15) is 11.6 Å². The maximum Gasteiger partial charge on any atom is 0.227 e. The zero-order chi connectivity index (χ0) is 19.2. The summed E-state index contributed by atoms with van der Waals surface area (Å²) in [4.78, 5) is 17.7. The predicted octanol–water partition coefficient (Wildman–Crippen LogP) is 2.96. The minimum Gasteiger partial charge on any atom is -0.352 e. The van der Waals surface area contributed by atoms with Crippen molar-refractivity contribution in [1.82, 2.24) is 10.6 Å². The number of nitrogens with zero attached hydrogens (tertiary/aromatic N) is 2. The number of benzene rings is 2. The molecule has 1 heterocycles. The van der Waals surface area contributed by atoms with Gasteiger partial charge in [-0.25, -0.2) is 8.78 Å². The van der Waals surface area contributed by atoms with E-state index in [2.05, 4.69) is 15.6 Å². The monoisotopic (exact) mass is 372 g/mol. The Bertz CT molecular complexity index is 836. The van der Waals surface area contributed by atoms with Crippen molar-refractivity contribution in [3.63, 3.8) is 0 Å². The second-order valence-electron chi connectivity index (χ2n) is 6.33. The van der Waals surface area contributed by atoms with Gasteiger partial charge in [0.2, 0.25) is 5.91 Å². The molecule has 0 saturated carbocycles. The Labute approximate surface area is 157 Å². The summed E-state index contributed by atoms with van der Waals surface area (Å²) in [6, 6.07) is 11.1. The Hall–Kier alpha value is -2.96. The summed E-state index contributed by atoms with van der Waals surface area (Å²) in [7, 11) is 1.61. The van der Waals surface area contributed by atoms with E-state index < -0.39 is 11.6 Å². The molecule has 1 amide bonds. The molecule has 0 aromatic heterocycles. The zero-order valence-corrected chi connectivity index (χ0v) is 15.1. The second-order valence-corrected chi connectivity index (χ2v) is 6.33. The van der Waals surface area contributed by atoms with Gasteiger partial charge in [-0.3, -0.25) is 9.79 Å². The fourth-order valence-electron chi connectivity index (χ4n) is 2.98. The van der Waals surface area contributed by atoms with Crippen molar-refractivity contribution in [2.24, 2.45) is 4.99 Å². The van der Waals surface area contributed by atoms with E-state index in [9.17, 15) is 13.6 Å². The molecule has 0 bridgehead atoms. The van der Waals surface area contributed by atoms with Gasteiger partial charge in [-0.15, -0.1) is 0 Å². The third-order valence-electron chi connectivity index (χ3n) is 4.46. The van der Waals surface area contributed by atoms with Crippen LogP contribution in [0.2, 0.25) is 0 Å². The topological polar surface area (TPSA) is 56.7 Å². The lowest BCUT2D eigenvalue weighted by molar-refractivity contribution is -0.117. The van der Waals surface area contributed by atoms with Crippen LogP contribution in [0.3, 0.4) is 0 Å². The van der Waals surface area contributed by atoms with Gasteiger partial charge in [-0.1, -0.05) is 12.1 Å². The highest BCUT2D eigenvalue weighted by atomic mass is 19.1. The first kappa shape index (κ1) is 18.8. The number of hydrogen-bond donors (Lipinski definition) is 2. The molecular formula is C20H22F2N4O. The molecule has 2 aromatic carbocycles. The third kappa shape index (κ3) is 4.81. The van der Waals surface area contributed by atoms with E-state index in [1.165, 1.54) is 0 Å². The van der Waals surface area contributed by atoms with Crippen LogP contribution in [0.25, 0.3) is 0 Å². The highest BCUT2D eigenvalue weighted by Gasteiger charge is 2.21. The predicted molar refractivity (Wildman–Crippen MR) is 101 cm³/mol. The largest absolute Gasteiger partial charge is 0.352 e. The molecule has 1 aliphatic heterocycles. The molecule has 0 atom stereocenters. The summed E-state index contributed by atoms with van der Waals surface area (Å²) in [6.07, 6.45) is 1.51. The van der Waals surface area contributed by atoms with Crippen LogP contribution in [0.4, 0.5) is 14.5 Å². The fourth-order valence-corrected chi connectivity index (χ4v) is 2.98. The molecular weight excluding hydrogens is 350 g/mol. The van der Waals surface area contributed by atoms with Crippen LogP contribution in [-0.4, -0.2) is 25.5 Å². The summed E-state index contributed by atoms with van der Waals surface area (Å²) in [5, 5.41) is 6.10. The van der Waals surface area contributed by atoms with Crippen molar-refractivity contribution in [3.8, 4) is 0 Å². The molecule has 5 nitrogen and oxygen atoms in total. The molecule has 1 fully saturated rings. The van der Waals surface area contributed by atoms with Crippen LogP contribution in [-0.2, 0) is 17.9 Å². The average molecular weight is 372 g/mol. The van der Waals surface area contributed by atoms with Crippen molar-refractivity contribution < 1.29 is 13.6 Å². The third-order valence-corrected chi connectivity index (χ3v) is 4.46. The van der Waals surface area contributed by atoms with Crippen LogP contribution in [0.5, 0.6) is 0 Å². The summed E-state index contributed by atoms with van der Waals surface area (Å²) >= 11 is 0. The molecule has 2 aromatic rings. The first-order chi connectivity index (χ1) is 13.1. The standard InChI is InChI=1S/C20H22F2N4O/c1-23-20(25-13-15-11-16(21)6-9-18(15)22)24-12-14-4-7-17(8-5-14)26-10-2-3-19(26)27/h4-9,11H,2-3,10,12-13H2,1H3,(H2,23,24,25). The summed E-state index contributed by atoms with van der Waals surface area (Å²) in [5.41, 5.74) is 2.16. The Morgan fingerprint density at radius 2 is 1.85 bits per heavy atom. The SMILES string of the molecule is CN=C(NCc1ccc(N2CCCC2=O)cc1)NCc1cc(F)ccc1F. The van der Waals surface area contributed by atoms with Gasteiger partial charge in [-0.2, -0.15) is 0 Å². The highest BCUT2D eigenvalue weighted by Crippen LogP contribution is 2.21. The van der Waals surface area contributed by atoms with E-state index in [1.807, 2.05) is 24.3 Å². The van der Waals surface area contributed by atoms with Crippen LogP contribution < -0.4 is 15.5 Å². The van der Waals surface area contributed by atoms with E-state index in [0.29, 0.717) is 18.9 Å². The smallest absolute Gasteiger partial charge is 0.227 e. The Balaban J connectivity index is 1.53. The molecule has 0 unspecified atom stereocenters. The molecule has 1 aliphatic rings. The van der Waals surface area contributed by atoms with Crippen molar-refractivity contribution in [3.05, 3.63) is 65.2 Å². The lowest BCUT2D eigenvalue weighted by Gasteiger charge is -2.16. The summed E-state index contributed by atoms with van der Waals surface area (Å²) in [5.74, 6) is -0.299. The van der Waals surface area contributed by atoms with Crippen molar-refractivity contribution in [2.75, 3.05) is 18.5 Å². The normalized spacial score (nSPS) is 14.6. The van der Waals surface area contributed by atoms with Crippen molar-refractivity contribution in [2.45, 2.75) is 25.9 Å². The van der Waals surface area contributed by atoms with Gasteiger partial charge < -0.3 is 15.5 Å². The lowest BCUT2D eigenvalue weighted by Crippen LogP contribution is -2.36. The number of carbonyl (C=O) groups is 1. The summed E-state index contributed by atoms with van der Waals surface area (Å²) < 4.78 is 26.9. The number of carbonyl (C=O) groups excluding carboxylic acids is 1. The highest BCUT2D eigenvalue weighted by molar-refractivity contribution is 5.95. The number of anilines is 1. The Kier molecular flexibility index (Phi) is 6.01. The van der Waals surface area contributed by atoms with Gasteiger partial charge in [-0.05, 0) is 42.3 Å². The van der Waals surface area contributed by atoms with Gasteiger partial charge in [0, 0.05) is 44.4 Å². The van der Waals surface area contributed by atoms with Crippen LogP contribution >= 0.6 is 0 Å². The first-order valence-corrected chi connectivity index (χ1v) is 8.84. The number of nitrogens with one attached hydrogen (secondary N) is 2. The van der Waals surface area contributed by atoms with Gasteiger partial charge in [0.25, 0.3) is 0 Å². The molecule has 7 heteroatoms. The van der Waals surface area contributed by atoms with E-state index >= 15 is 0 Å². The number of aliphatic imine (C=N–C) groups is 1. The van der Waals surface area contributed by atoms with E-state index in [4.69, 9.17) is 0 Å². The Morgan fingerprint density at radius 1 is 1.11 bits per heavy atom. The number of rotatable bonds is 5. The van der Waals surface area contributed by atoms with Gasteiger partial charge >= 0.3 is 0 Å². The van der Waals surface area contributed by atoms with E-state index in [0.717, 1.165) is 42.4 Å². The van der Waals surface area contributed by atoms with Gasteiger partial charge in [0.05, 0.1) is 0 Å². The molecule has 0 radical (unpaired) electrons. The molecule has 2 N–H and O–H groups in total. The quantitative estimate of drug-likeness (QED) is 0.627. The summed E-state index contributed by atoms with van der Waals surface area (Å²) in [6.45, 7) is 1.41. The average Bonchev–Trinajstić information content (AvgIpc) is 3.11. The molecule has 0 spiro atoms. The second kappa shape index (κ2) is 8.62. The van der Waals surface area contributed by atoms with E-state index in [1.54, 1.807) is 11.9 Å². The van der Waals surface area contributed by atoms with Crippen LogP contribution in [0.1, 0.15) is 24.0 Å².